The molecule has 0 saturated carbocycles. The van der Waals surface area contributed by atoms with E-state index in [4.69, 9.17) is 0 Å². The normalized spacial score (nSPS) is 27.6. The summed E-state index contributed by atoms with van der Waals surface area (Å²) in [5.41, 5.74) is 0.409. The van der Waals surface area contributed by atoms with Gasteiger partial charge in [0.1, 0.15) is 0 Å². The molecular formula is C13H28N2S. The second kappa shape index (κ2) is 6.87. The molecule has 1 saturated heterocycles. The first kappa shape index (κ1) is 14.3. The van der Waals surface area contributed by atoms with Crippen molar-refractivity contribution in [1.29, 1.82) is 0 Å². The first-order valence-electron chi connectivity index (χ1n) is 6.63. The Morgan fingerprint density at radius 3 is 2.56 bits per heavy atom. The molecule has 2 nitrogen and oxygen atoms in total. The summed E-state index contributed by atoms with van der Waals surface area (Å²) in [6, 6.07) is 0.715. The fourth-order valence-corrected chi connectivity index (χ4v) is 3.93. The number of nitrogens with zero attached hydrogens (tertiary/aromatic N) is 1. The topological polar surface area (TPSA) is 15.3 Å². The molecule has 96 valence electrons. The Bertz CT molecular complexity index is 188. The van der Waals surface area contributed by atoms with E-state index in [0.29, 0.717) is 11.6 Å². The first-order chi connectivity index (χ1) is 7.64. The van der Waals surface area contributed by atoms with Gasteiger partial charge in [-0.25, -0.2) is 0 Å². The molecule has 2 unspecified atom stereocenters. The van der Waals surface area contributed by atoms with Crippen LogP contribution in [-0.2, 0) is 0 Å². The van der Waals surface area contributed by atoms with E-state index in [2.05, 4.69) is 49.9 Å². The van der Waals surface area contributed by atoms with Gasteiger partial charge in [0.2, 0.25) is 0 Å². The maximum absolute atomic E-state index is 3.78. The molecule has 1 fully saturated rings. The highest BCUT2D eigenvalue weighted by Gasteiger charge is 2.36. The Labute approximate surface area is 106 Å². The zero-order valence-corrected chi connectivity index (χ0v) is 12.2. The smallest absolute Gasteiger partial charge is 0.0425 e. The molecular weight excluding hydrogens is 216 g/mol. The van der Waals surface area contributed by atoms with Gasteiger partial charge in [-0.1, -0.05) is 20.3 Å². The molecule has 1 N–H and O–H groups in total. The van der Waals surface area contributed by atoms with Crippen LogP contribution in [0.4, 0.5) is 0 Å². The highest BCUT2D eigenvalue weighted by atomic mass is 32.2. The number of likely N-dealkylation sites (N-methyl/N-ethyl adjacent to an activating group) is 1. The maximum atomic E-state index is 3.78. The van der Waals surface area contributed by atoms with Crippen molar-refractivity contribution in [2.45, 2.75) is 51.1 Å². The number of hydrogen-bond donors (Lipinski definition) is 1. The van der Waals surface area contributed by atoms with Crippen LogP contribution in [0.2, 0.25) is 0 Å². The van der Waals surface area contributed by atoms with Gasteiger partial charge in [-0.3, -0.25) is 0 Å². The maximum Gasteiger partial charge on any atom is 0.0425 e. The molecule has 1 rings (SSSR count). The fourth-order valence-electron chi connectivity index (χ4n) is 2.38. The van der Waals surface area contributed by atoms with E-state index in [-0.39, 0.29) is 0 Å². The van der Waals surface area contributed by atoms with Gasteiger partial charge in [0.05, 0.1) is 0 Å². The Hall–Kier alpha value is 0.270. The summed E-state index contributed by atoms with van der Waals surface area (Å²) >= 11 is 2.10. The zero-order valence-electron chi connectivity index (χ0n) is 11.4. The summed E-state index contributed by atoms with van der Waals surface area (Å²) in [5, 5.41) is 3.78. The van der Waals surface area contributed by atoms with E-state index >= 15 is 0 Å². The summed E-state index contributed by atoms with van der Waals surface area (Å²) in [6.07, 6.45) is 5.19. The number of hydrogen-bond acceptors (Lipinski definition) is 3. The van der Waals surface area contributed by atoms with Crippen LogP contribution in [0, 0.1) is 0 Å². The summed E-state index contributed by atoms with van der Waals surface area (Å²) < 4.78 is 0. The van der Waals surface area contributed by atoms with Crippen LogP contribution >= 0.6 is 11.8 Å². The van der Waals surface area contributed by atoms with Gasteiger partial charge in [-0.05, 0) is 39.1 Å². The molecule has 1 aliphatic heterocycles. The van der Waals surface area contributed by atoms with Crippen molar-refractivity contribution in [2.75, 3.05) is 32.1 Å². The Morgan fingerprint density at radius 1 is 1.38 bits per heavy atom. The molecule has 3 heteroatoms. The average Bonchev–Trinajstić information content (AvgIpc) is 2.74. The Kier molecular flexibility index (Phi) is 6.16. The van der Waals surface area contributed by atoms with Crippen LogP contribution in [-0.4, -0.2) is 48.6 Å². The van der Waals surface area contributed by atoms with Crippen molar-refractivity contribution in [2.24, 2.45) is 0 Å². The van der Waals surface area contributed by atoms with Crippen LogP contribution in [0.3, 0.4) is 0 Å². The van der Waals surface area contributed by atoms with Gasteiger partial charge in [0.25, 0.3) is 0 Å². The highest BCUT2D eigenvalue weighted by Crippen LogP contribution is 2.31. The summed E-state index contributed by atoms with van der Waals surface area (Å²) in [4.78, 5) is 2.43. The van der Waals surface area contributed by atoms with Crippen molar-refractivity contribution >= 4 is 11.8 Å². The third-order valence-electron chi connectivity index (χ3n) is 3.88. The van der Waals surface area contributed by atoms with E-state index in [9.17, 15) is 0 Å². The number of nitrogens with one attached hydrogen (secondary N) is 1. The minimum Gasteiger partial charge on any atom is -0.312 e. The largest absolute Gasteiger partial charge is 0.312 e. The standard InChI is InChI=1S/C13H28N2S/c1-5-7-12(6-2)14-10-13(15(3)4)8-9-16-11-13/h12,14H,5-11H2,1-4H3. The van der Waals surface area contributed by atoms with Gasteiger partial charge in [0.15, 0.2) is 0 Å². The predicted molar refractivity (Wildman–Crippen MR) is 75.3 cm³/mol. The minimum absolute atomic E-state index is 0.409. The van der Waals surface area contributed by atoms with Gasteiger partial charge in [0, 0.05) is 23.9 Å². The minimum atomic E-state index is 0.409. The molecule has 0 bridgehead atoms. The Balaban J connectivity index is 2.43. The lowest BCUT2D eigenvalue weighted by atomic mass is 9.96. The van der Waals surface area contributed by atoms with Crippen LogP contribution in [0.25, 0.3) is 0 Å². The van der Waals surface area contributed by atoms with Crippen LogP contribution in [0.15, 0.2) is 0 Å². The van der Waals surface area contributed by atoms with Crippen LogP contribution < -0.4 is 5.32 Å². The molecule has 0 spiro atoms. The van der Waals surface area contributed by atoms with Crippen molar-refractivity contribution in [1.82, 2.24) is 10.2 Å². The fraction of sp³-hybridized carbons (Fsp3) is 1.00. The lowest BCUT2D eigenvalue weighted by molar-refractivity contribution is 0.169. The average molecular weight is 244 g/mol. The molecule has 0 aliphatic carbocycles. The SMILES string of the molecule is CCCC(CC)NCC1(N(C)C)CCSC1. The number of rotatable bonds is 7. The van der Waals surface area contributed by atoms with Crippen LogP contribution in [0.1, 0.15) is 39.5 Å². The van der Waals surface area contributed by atoms with Gasteiger partial charge in [-0.15, -0.1) is 0 Å². The first-order valence-corrected chi connectivity index (χ1v) is 7.78. The summed E-state index contributed by atoms with van der Waals surface area (Å²) in [6.45, 7) is 5.72. The quantitative estimate of drug-likeness (QED) is 0.741. The predicted octanol–water partition coefficient (Wildman–Crippen LogP) is 2.59. The molecule has 16 heavy (non-hydrogen) atoms. The molecule has 1 heterocycles. The van der Waals surface area contributed by atoms with Crippen molar-refractivity contribution in [3.8, 4) is 0 Å². The van der Waals surface area contributed by atoms with Crippen molar-refractivity contribution < 1.29 is 0 Å². The monoisotopic (exact) mass is 244 g/mol. The second-order valence-electron chi connectivity index (χ2n) is 5.20. The third kappa shape index (κ3) is 3.64. The van der Waals surface area contributed by atoms with E-state index in [0.717, 1.165) is 6.54 Å². The van der Waals surface area contributed by atoms with Gasteiger partial charge in [-0.2, -0.15) is 11.8 Å². The molecule has 0 aromatic rings. The Morgan fingerprint density at radius 2 is 2.12 bits per heavy atom. The molecule has 1 aliphatic rings. The number of thioether (sulfide) groups is 1. The molecule has 0 amide bonds. The van der Waals surface area contributed by atoms with E-state index in [1.165, 1.54) is 37.2 Å². The molecule has 0 aromatic heterocycles. The second-order valence-corrected chi connectivity index (χ2v) is 6.30. The highest BCUT2D eigenvalue weighted by molar-refractivity contribution is 7.99. The lowest BCUT2D eigenvalue weighted by Crippen LogP contribution is -2.53. The van der Waals surface area contributed by atoms with Crippen molar-refractivity contribution in [3.05, 3.63) is 0 Å². The van der Waals surface area contributed by atoms with Crippen LogP contribution in [0.5, 0.6) is 0 Å². The molecule has 2 atom stereocenters. The van der Waals surface area contributed by atoms with E-state index in [1.807, 2.05) is 0 Å². The van der Waals surface area contributed by atoms with E-state index in [1.54, 1.807) is 0 Å². The molecule has 0 radical (unpaired) electrons. The van der Waals surface area contributed by atoms with Gasteiger partial charge < -0.3 is 10.2 Å². The zero-order chi connectivity index (χ0) is 12.0. The summed E-state index contributed by atoms with van der Waals surface area (Å²) in [5.74, 6) is 2.61. The summed E-state index contributed by atoms with van der Waals surface area (Å²) in [7, 11) is 4.46. The molecule has 0 aromatic carbocycles. The van der Waals surface area contributed by atoms with E-state index < -0.39 is 0 Å². The van der Waals surface area contributed by atoms with Crippen molar-refractivity contribution in [3.63, 3.8) is 0 Å². The third-order valence-corrected chi connectivity index (χ3v) is 5.12. The lowest BCUT2D eigenvalue weighted by Gasteiger charge is -2.37. The van der Waals surface area contributed by atoms with Gasteiger partial charge >= 0.3 is 0 Å².